The molecule has 104 valence electrons. The Hall–Kier alpha value is -2.24. The molecule has 1 amide bonds. The van der Waals surface area contributed by atoms with E-state index in [0.717, 1.165) is 5.56 Å². The summed E-state index contributed by atoms with van der Waals surface area (Å²) in [5.41, 5.74) is 6.70. The first kappa shape index (κ1) is 14.8. The van der Waals surface area contributed by atoms with Crippen molar-refractivity contribution in [3.8, 4) is 0 Å². The van der Waals surface area contributed by atoms with E-state index >= 15 is 0 Å². The van der Waals surface area contributed by atoms with Gasteiger partial charge in [0.2, 0.25) is 0 Å². The lowest BCUT2D eigenvalue weighted by molar-refractivity contribution is 0.0636. The van der Waals surface area contributed by atoms with Crippen molar-refractivity contribution in [2.24, 2.45) is 10.9 Å². The normalized spacial score (nSPS) is 12.1. The number of benzene rings is 1. The molecule has 1 aromatic rings. The molecular weight excluding hydrogens is 246 g/mol. The summed E-state index contributed by atoms with van der Waals surface area (Å²) in [5.74, 6) is -0.0656. The summed E-state index contributed by atoms with van der Waals surface area (Å²) in [7, 11) is 0. The third kappa shape index (κ3) is 4.17. The minimum Gasteiger partial charge on any atom is -0.444 e. The van der Waals surface area contributed by atoms with Gasteiger partial charge in [-0.2, -0.15) is 0 Å². The van der Waals surface area contributed by atoms with Gasteiger partial charge in [0.1, 0.15) is 5.60 Å². The average molecular weight is 265 g/mol. The molecule has 0 fully saturated rings. The third-order valence-electron chi connectivity index (χ3n) is 2.27. The summed E-state index contributed by atoms with van der Waals surface area (Å²) in [6.07, 6.45) is -0.593. The number of carbonyl (C=O) groups is 1. The highest BCUT2D eigenvalue weighted by Crippen LogP contribution is 2.20. The number of amidine groups is 1. The molecule has 0 spiro atoms. The van der Waals surface area contributed by atoms with Crippen molar-refractivity contribution in [1.82, 2.24) is 0 Å². The summed E-state index contributed by atoms with van der Waals surface area (Å²) < 4.78 is 5.16. The summed E-state index contributed by atoms with van der Waals surface area (Å²) >= 11 is 0. The number of hydrogen-bond donors (Lipinski definition) is 3. The number of nitrogens with zero attached hydrogens (tertiary/aromatic N) is 1. The van der Waals surface area contributed by atoms with Crippen molar-refractivity contribution >= 4 is 17.6 Å². The van der Waals surface area contributed by atoms with E-state index in [4.69, 9.17) is 15.7 Å². The lowest BCUT2D eigenvalue weighted by atomic mass is 10.1. The van der Waals surface area contributed by atoms with E-state index in [-0.39, 0.29) is 5.84 Å². The molecule has 0 saturated heterocycles. The molecular formula is C13H19N3O3. The van der Waals surface area contributed by atoms with Crippen molar-refractivity contribution in [3.63, 3.8) is 0 Å². The van der Waals surface area contributed by atoms with E-state index in [9.17, 15) is 4.79 Å². The molecule has 6 heteroatoms. The minimum absolute atomic E-state index is 0.0656. The van der Waals surface area contributed by atoms with Gasteiger partial charge in [-0.15, -0.1) is 0 Å². The van der Waals surface area contributed by atoms with E-state index in [0.29, 0.717) is 11.3 Å². The molecule has 1 aromatic carbocycles. The number of hydrogen-bond acceptors (Lipinski definition) is 4. The van der Waals surface area contributed by atoms with Gasteiger partial charge in [0, 0.05) is 5.56 Å². The number of amides is 1. The first-order valence-electron chi connectivity index (χ1n) is 5.82. The predicted molar refractivity (Wildman–Crippen MR) is 73.5 cm³/mol. The zero-order chi connectivity index (χ0) is 14.6. The molecule has 19 heavy (non-hydrogen) atoms. The van der Waals surface area contributed by atoms with Crippen LogP contribution in [0.25, 0.3) is 0 Å². The Morgan fingerprint density at radius 1 is 1.42 bits per heavy atom. The number of ether oxygens (including phenoxy) is 1. The average Bonchev–Trinajstić information content (AvgIpc) is 2.25. The highest BCUT2D eigenvalue weighted by atomic mass is 16.6. The van der Waals surface area contributed by atoms with Crippen LogP contribution in [-0.4, -0.2) is 22.7 Å². The molecule has 0 aliphatic carbocycles. The molecule has 0 atom stereocenters. The molecule has 0 aliphatic rings. The fraction of sp³-hybridized carbons (Fsp3) is 0.385. The monoisotopic (exact) mass is 265 g/mol. The Labute approximate surface area is 112 Å². The summed E-state index contributed by atoms with van der Waals surface area (Å²) in [6.45, 7) is 7.11. The minimum atomic E-state index is -0.593. The zero-order valence-electron chi connectivity index (χ0n) is 11.5. The van der Waals surface area contributed by atoms with Gasteiger partial charge >= 0.3 is 6.09 Å². The molecule has 0 aliphatic heterocycles. The number of rotatable bonds is 2. The molecule has 0 radical (unpaired) electrons. The van der Waals surface area contributed by atoms with Gasteiger partial charge in [0.05, 0.1) is 5.69 Å². The first-order valence-corrected chi connectivity index (χ1v) is 5.82. The van der Waals surface area contributed by atoms with Crippen molar-refractivity contribution in [1.29, 1.82) is 0 Å². The molecule has 0 unspecified atom stereocenters. The standard InChI is InChI=1S/C13H19N3O3/c1-8-6-5-7-9(10(8)11(14)16-18)15-12(17)19-13(2,3)4/h5-7,18H,1-4H3,(H2,14,16)(H,15,17). The largest absolute Gasteiger partial charge is 0.444 e. The Balaban J connectivity index is 3.02. The van der Waals surface area contributed by atoms with Crippen LogP contribution in [0, 0.1) is 6.92 Å². The van der Waals surface area contributed by atoms with Crippen LogP contribution in [0.5, 0.6) is 0 Å². The maximum atomic E-state index is 11.7. The van der Waals surface area contributed by atoms with E-state index in [2.05, 4.69) is 10.5 Å². The fourth-order valence-electron chi connectivity index (χ4n) is 1.58. The smallest absolute Gasteiger partial charge is 0.412 e. The van der Waals surface area contributed by atoms with Crippen LogP contribution >= 0.6 is 0 Å². The van der Waals surface area contributed by atoms with Crippen LogP contribution < -0.4 is 11.1 Å². The molecule has 4 N–H and O–H groups in total. The molecule has 0 aromatic heterocycles. The number of oxime groups is 1. The second kappa shape index (κ2) is 5.60. The van der Waals surface area contributed by atoms with Crippen LogP contribution in [0.15, 0.2) is 23.4 Å². The zero-order valence-corrected chi connectivity index (χ0v) is 11.5. The van der Waals surface area contributed by atoms with Gasteiger partial charge in [-0.25, -0.2) is 4.79 Å². The third-order valence-corrected chi connectivity index (χ3v) is 2.27. The highest BCUT2D eigenvalue weighted by molar-refractivity contribution is 6.05. The van der Waals surface area contributed by atoms with Gasteiger partial charge in [-0.3, -0.25) is 5.32 Å². The van der Waals surface area contributed by atoms with Crippen molar-refractivity contribution < 1.29 is 14.7 Å². The summed E-state index contributed by atoms with van der Waals surface area (Å²) in [6, 6.07) is 5.22. The summed E-state index contributed by atoms with van der Waals surface area (Å²) in [5, 5.41) is 14.3. The molecule has 0 heterocycles. The van der Waals surface area contributed by atoms with Crippen LogP contribution in [-0.2, 0) is 4.74 Å². The lowest BCUT2D eigenvalue weighted by Gasteiger charge is -2.20. The lowest BCUT2D eigenvalue weighted by Crippen LogP contribution is -2.28. The Kier molecular flexibility index (Phi) is 4.37. The number of carbonyl (C=O) groups excluding carboxylic acids is 1. The van der Waals surface area contributed by atoms with Crippen molar-refractivity contribution in [2.45, 2.75) is 33.3 Å². The molecule has 0 saturated carbocycles. The number of anilines is 1. The Morgan fingerprint density at radius 2 is 2.05 bits per heavy atom. The SMILES string of the molecule is Cc1cccc(NC(=O)OC(C)(C)C)c1/C(N)=N/O. The summed E-state index contributed by atoms with van der Waals surface area (Å²) in [4.78, 5) is 11.7. The number of nitrogens with one attached hydrogen (secondary N) is 1. The van der Waals surface area contributed by atoms with Gasteiger partial charge < -0.3 is 15.7 Å². The number of aryl methyl sites for hydroxylation is 1. The molecule has 1 rings (SSSR count). The van der Waals surface area contributed by atoms with Gasteiger partial charge in [-0.1, -0.05) is 17.3 Å². The van der Waals surface area contributed by atoms with E-state index in [1.54, 1.807) is 45.9 Å². The second-order valence-corrected chi connectivity index (χ2v) is 5.11. The fourth-order valence-corrected chi connectivity index (χ4v) is 1.58. The highest BCUT2D eigenvalue weighted by Gasteiger charge is 2.18. The topological polar surface area (TPSA) is 96.9 Å². The van der Waals surface area contributed by atoms with E-state index in [1.165, 1.54) is 0 Å². The van der Waals surface area contributed by atoms with Crippen molar-refractivity contribution in [3.05, 3.63) is 29.3 Å². The van der Waals surface area contributed by atoms with E-state index in [1.807, 2.05) is 0 Å². The predicted octanol–water partition coefficient (Wildman–Crippen LogP) is 2.44. The van der Waals surface area contributed by atoms with E-state index < -0.39 is 11.7 Å². The number of nitrogens with two attached hydrogens (primary N) is 1. The van der Waals surface area contributed by atoms with Crippen molar-refractivity contribution in [2.75, 3.05) is 5.32 Å². The molecule has 0 bridgehead atoms. The maximum Gasteiger partial charge on any atom is 0.412 e. The molecule has 6 nitrogen and oxygen atoms in total. The second-order valence-electron chi connectivity index (χ2n) is 5.11. The van der Waals surface area contributed by atoms with Crippen LogP contribution in [0.2, 0.25) is 0 Å². The van der Waals surface area contributed by atoms with Crippen LogP contribution in [0.3, 0.4) is 0 Å². The van der Waals surface area contributed by atoms with Gasteiger partial charge in [0.15, 0.2) is 5.84 Å². The first-order chi connectivity index (χ1) is 8.74. The van der Waals surface area contributed by atoms with Crippen LogP contribution in [0.4, 0.5) is 10.5 Å². The quantitative estimate of drug-likeness (QED) is 0.331. The Bertz CT molecular complexity index is 504. The van der Waals surface area contributed by atoms with Gasteiger partial charge in [0.25, 0.3) is 0 Å². The van der Waals surface area contributed by atoms with Crippen LogP contribution in [0.1, 0.15) is 31.9 Å². The maximum absolute atomic E-state index is 11.7. The Morgan fingerprint density at radius 3 is 2.58 bits per heavy atom. The van der Waals surface area contributed by atoms with Gasteiger partial charge in [-0.05, 0) is 39.3 Å².